The van der Waals surface area contributed by atoms with E-state index in [0.29, 0.717) is 0 Å². The molecule has 118 valence electrons. The Kier molecular flexibility index (Phi) is 7.04. The van der Waals surface area contributed by atoms with E-state index in [1.54, 1.807) is 6.92 Å². The standard InChI is InChI=1S/C9H14O6.2CO2/c1-3-5-4(10)6(8(12)13)15-9(2,14-5)7(3)11;2*2-1-3/h3-7,10-11H,1-2H3,(H,12,13);;/t3-,4?,5?,6?,7+,9?;;/m0../s1. The molecule has 0 amide bonds. The molecule has 2 aliphatic rings. The summed E-state index contributed by atoms with van der Waals surface area (Å²) in [6.07, 6.45) is -3.71. The second-order valence-electron chi connectivity index (χ2n) is 4.44. The topological polar surface area (TPSA) is 164 Å². The van der Waals surface area contributed by atoms with E-state index in [4.69, 9.17) is 33.8 Å². The van der Waals surface area contributed by atoms with Crippen LogP contribution in [0.25, 0.3) is 0 Å². The Morgan fingerprint density at radius 1 is 1.10 bits per heavy atom. The summed E-state index contributed by atoms with van der Waals surface area (Å²) >= 11 is 0. The molecule has 21 heavy (non-hydrogen) atoms. The number of aliphatic hydroxyl groups excluding tert-OH is 2. The highest BCUT2D eigenvalue weighted by Crippen LogP contribution is 2.43. The van der Waals surface area contributed by atoms with Gasteiger partial charge in [0, 0.05) is 5.92 Å². The van der Waals surface area contributed by atoms with E-state index < -0.39 is 36.2 Å². The van der Waals surface area contributed by atoms with Gasteiger partial charge in [-0.15, -0.1) is 0 Å². The smallest absolute Gasteiger partial charge is 0.373 e. The van der Waals surface area contributed by atoms with Gasteiger partial charge < -0.3 is 24.8 Å². The molecule has 0 aromatic carbocycles. The molecule has 10 nitrogen and oxygen atoms in total. The average Bonchev–Trinajstić information content (AvgIpc) is 2.58. The number of carboxylic acids is 1. The zero-order valence-electron chi connectivity index (χ0n) is 11.1. The van der Waals surface area contributed by atoms with Crippen LogP contribution in [0.2, 0.25) is 0 Å². The fourth-order valence-corrected chi connectivity index (χ4v) is 2.27. The van der Waals surface area contributed by atoms with Crippen LogP contribution in [-0.2, 0) is 33.4 Å². The molecule has 0 aromatic rings. The van der Waals surface area contributed by atoms with Gasteiger partial charge >= 0.3 is 18.3 Å². The molecule has 2 rings (SSSR count). The summed E-state index contributed by atoms with van der Waals surface area (Å²) in [6.45, 7) is 3.17. The van der Waals surface area contributed by atoms with E-state index in [1.807, 2.05) is 0 Å². The monoisotopic (exact) mass is 306 g/mol. The van der Waals surface area contributed by atoms with Crippen molar-refractivity contribution in [2.45, 2.75) is 44.1 Å². The van der Waals surface area contributed by atoms with Crippen molar-refractivity contribution in [3.05, 3.63) is 0 Å². The number of fused-ring (bicyclic) bond motifs is 2. The van der Waals surface area contributed by atoms with E-state index in [2.05, 4.69) is 0 Å². The van der Waals surface area contributed by atoms with Crippen LogP contribution in [0, 0.1) is 5.92 Å². The van der Waals surface area contributed by atoms with Crippen LogP contribution in [0.4, 0.5) is 0 Å². The number of hydrogen-bond acceptors (Lipinski definition) is 9. The van der Waals surface area contributed by atoms with Crippen molar-refractivity contribution in [2.75, 3.05) is 0 Å². The Morgan fingerprint density at radius 2 is 1.52 bits per heavy atom. The van der Waals surface area contributed by atoms with E-state index in [-0.39, 0.29) is 18.2 Å². The van der Waals surface area contributed by atoms with Crippen molar-refractivity contribution in [3.8, 4) is 0 Å². The molecular formula is C11H14O10. The molecule has 3 N–H and O–H groups in total. The lowest BCUT2D eigenvalue weighted by atomic mass is 9.94. The minimum atomic E-state index is -1.34. The van der Waals surface area contributed by atoms with E-state index >= 15 is 0 Å². The number of aliphatic hydroxyl groups is 2. The third-order valence-corrected chi connectivity index (χ3v) is 3.17. The maximum Gasteiger partial charge on any atom is 0.373 e. The predicted octanol–water partition coefficient (Wildman–Crippen LogP) is -2.22. The molecule has 2 heterocycles. The van der Waals surface area contributed by atoms with Crippen LogP contribution in [0.15, 0.2) is 0 Å². The first-order chi connectivity index (χ1) is 9.69. The summed E-state index contributed by atoms with van der Waals surface area (Å²) in [6, 6.07) is 0. The lowest BCUT2D eigenvalue weighted by Gasteiger charge is -2.37. The van der Waals surface area contributed by atoms with Gasteiger partial charge in [0.15, 0.2) is 11.9 Å². The third-order valence-electron chi connectivity index (χ3n) is 3.17. The number of aliphatic carboxylic acids is 1. The molecule has 2 fully saturated rings. The maximum absolute atomic E-state index is 10.8. The van der Waals surface area contributed by atoms with Gasteiger partial charge in [-0.05, 0) is 6.92 Å². The highest BCUT2D eigenvalue weighted by atomic mass is 16.7. The lowest BCUT2D eigenvalue weighted by molar-refractivity contribution is -0.321. The normalized spacial score (nSPS) is 39.5. The number of ether oxygens (including phenoxy) is 2. The van der Waals surface area contributed by atoms with E-state index in [0.717, 1.165) is 0 Å². The number of hydrogen-bond donors (Lipinski definition) is 3. The van der Waals surface area contributed by atoms with E-state index in [1.165, 1.54) is 6.92 Å². The summed E-state index contributed by atoms with van der Waals surface area (Å²) < 4.78 is 10.4. The molecule has 0 saturated carbocycles. The minimum absolute atomic E-state index is 0.250. The van der Waals surface area contributed by atoms with Gasteiger partial charge in [0.05, 0.1) is 6.10 Å². The highest BCUT2D eigenvalue weighted by molar-refractivity contribution is 5.73. The Hall–Kier alpha value is -1.93. The number of carbonyl (C=O) groups is 1. The first-order valence-electron chi connectivity index (χ1n) is 5.63. The Balaban J connectivity index is 0.000000578. The molecular weight excluding hydrogens is 292 g/mol. The van der Waals surface area contributed by atoms with Gasteiger partial charge in [0.25, 0.3) is 0 Å². The van der Waals surface area contributed by atoms with Gasteiger partial charge in [0.2, 0.25) is 0 Å². The van der Waals surface area contributed by atoms with Crippen LogP contribution >= 0.6 is 0 Å². The quantitative estimate of drug-likeness (QED) is 0.483. The SMILES string of the molecule is C[C@H]1C2OC(C)(OC(C(=O)O)C2O)[C@@H]1O.O=C=O.O=C=O. The molecule has 10 heteroatoms. The van der Waals surface area contributed by atoms with Crippen LogP contribution in [-0.4, -0.2) is 63.8 Å². The first-order valence-corrected chi connectivity index (χ1v) is 5.63. The van der Waals surface area contributed by atoms with Crippen LogP contribution in [0.3, 0.4) is 0 Å². The molecule has 2 aliphatic heterocycles. The third kappa shape index (κ3) is 4.02. The first kappa shape index (κ1) is 19.1. The summed E-state index contributed by atoms with van der Waals surface area (Å²) in [5.74, 6) is -2.93. The van der Waals surface area contributed by atoms with Crippen molar-refractivity contribution >= 4 is 18.3 Å². The molecule has 0 aliphatic carbocycles. The second-order valence-corrected chi connectivity index (χ2v) is 4.44. The zero-order chi connectivity index (χ0) is 16.8. The number of rotatable bonds is 1. The predicted molar refractivity (Wildman–Crippen MR) is 57.0 cm³/mol. The average molecular weight is 306 g/mol. The zero-order valence-corrected chi connectivity index (χ0v) is 11.1. The van der Waals surface area contributed by atoms with Crippen molar-refractivity contribution in [3.63, 3.8) is 0 Å². The molecule has 0 spiro atoms. The molecule has 2 saturated heterocycles. The van der Waals surface area contributed by atoms with Gasteiger partial charge in [-0.1, -0.05) is 6.92 Å². The lowest BCUT2D eigenvalue weighted by Crippen LogP contribution is -2.55. The summed E-state index contributed by atoms with van der Waals surface area (Å²) in [4.78, 5) is 43.3. The molecule has 0 aromatic heterocycles. The van der Waals surface area contributed by atoms with Gasteiger partial charge in [-0.25, -0.2) is 4.79 Å². The fourth-order valence-electron chi connectivity index (χ4n) is 2.27. The second kappa shape index (κ2) is 7.75. The van der Waals surface area contributed by atoms with E-state index in [9.17, 15) is 15.0 Å². The van der Waals surface area contributed by atoms with Gasteiger partial charge in [-0.3, -0.25) is 0 Å². The van der Waals surface area contributed by atoms with Crippen molar-refractivity contribution in [2.24, 2.45) is 5.92 Å². The van der Waals surface area contributed by atoms with Gasteiger partial charge in [0.1, 0.15) is 12.2 Å². The van der Waals surface area contributed by atoms with Crippen molar-refractivity contribution < 1.29 is 48.8 Å². The summed E-state index contributed by atoms with van der Waals surface area (Å²) in [5.41, 5.74) is 0. The summed E-state index contributed by atoms with van der Waals surface area (Å²) in [7, 11) is 0. The Labute approximate surface area is 118 Å². The number of carbonyl (C=O) groups excluding carboxylic acids is 4. The molecule has 4 unspecified atom stereocenters. The summed E-state index contributed by atoms with van der Waals surface area (Å²) in [5, 5.41) is 28.3. The minimum Gasteiger partial charge on any atom is -0.479 e. The van der Waals surface area contributed by atoms with Crippen LogP contribution in [0.1, 0.15) is 13.8 Å². The Morgan fingerprint density at radius 3 is 1.90 bits per heavy atom. The van der Waals surface area contributed by atoms with Gasteiger partial charge in [-0.2, -0.15) is 19.2 Å². The van der Waals surface area contributed by atoms with Crippen LogP contribution < -0.4 is 0 Å². The Bertz CT molecular complexity index is 424. The number of carboxylic acid groups (broad SMARTS) is 1. The van der Waals surface area contributed by atoms with Crippen LogP contribution in [0.5, 0.6) is 0 Å². The molecule has 0 radical (unpaired) electrons. The highest BCUT2D eigenvalue weighted by Gasteiger charge is 2.61. The fraction of sp³-hybridized carbons (Fsp3) is 0.727. The van der Waals surface area contributed by atoms with Crippen molar-refractivity contribution in [1.82, 2.24) is 0 Å². The largest absolute Gasteiger partial charge is 0.479 e. The maximum atomic E-state index is 10.8. The molecule has 2 bridgehead atoms. The van der Waals surface area contributed by atoms with Crippen molar-refractivity contribution in [1.29, 1.82) is 0 Å². The molecule has 6 atom stereocenters.